The summed E-state index contributed by atoms with van der Waals surface area (Å²) in [4.78, 5) is 10.4. The predicted octanol–water partition coefficient (Wildman–Crippen LogP) is -0.0326. The average molecular weight is 159 g/mol. The van der Waals surface area contributed by atoms with Crippen LogP contribution in [0.4, 0.5) is 0 Å². The van der Waals surface area contributed by atoms with Gasteiger partial charge >= 0.3 is 5.97 Å². The van der Waals surface area contributed by atoms with Crippen LogP contribution in [0, 0.1) is 0 Å². The molecule has 0 aromatic carbocycles. The van der Waals surface area contributed by atoms with Gasteiger partial charge in [0.25, 0.3) is 0 Å². The molecule has 1 aliphatic heterocycles. The molecule has 0 aliphatic carbocycles. The van der Waals surface area contributed by atoms with Gasteiger partial charge < -0.3 is 15.6 Å². The molecule has 2 atom stereocenters. The van der Waals surface area contributed by atoms with E-state index in [4.69, 9.17) is 15.6 Å². The lowest BCUT2D eigenvalue weighted by atomic mass is 10.0. The zero-order valence-corrected chi connectivity index (χ0v) is 6.32. The number of carboxylic acid groups (broad SMARTS) is 1. The Labute approximate surface area is 65.3 Å². The van der Waals surface area contributed by atoms with Crippen molar-refractivity contribution in [1.82, 2.24) is 0 Å². The zero-order valence-electron chi connectivity index (χ0n) is 6.32. The van der Waals surface area contributed by atoms with Crippen LogP contribution in [-0.4, -0.2) is 29.8 Å². The molecule has 4 heteroatoms. The maximum absolute atomic E-state index is 10.4. The minimum Gasteiger partial charge on any atom is -0.480 e. The Morgan fingerprint density at radius 2 is 2.36 bits per heavy atom. The van der Waals surface area contributed by atoms with E-state index in [0.29, 0.717) is 6.61 Å². The van der Waals surface area contributed by atoms with Crippen LogP contribution in [0.15, 0.2) is 0 Å². The summed E-state index contributed by atoms with van der Waals surface area (Å²) < 4.78 is 5.20. The molecule has 0 spiro atoms. The van der Waals surface area contributed by atoms with Crippen molar-refractivity contribution in [2.75, 3.05) is 6.61 Å². The van der Waals surface area contributed by atoms with Gasteiger partial charge in [0.1, 0.15) is 6.04 Å². The lowest BCUT2D eigenvalue weighted by molar-refractivity contribution is -0.143. The largest absolute Gasteiger partial charge is 0.480 e. The predicted molar refractivity (Wildman–Crippen MR) is 39.2 cm³/mol. The lowest BCUT2D eigenvalue weighted by Gasteiger charge is -2.25. The van der Waals surface area contributed by atoms with Gasteiger partial charge in [-0.15, -0.1) is 0 Å². The third kappa shape index (κ3) is 2.17. The van der Waals surface area contributed by atoms with Crippen molar-refractivity contribution in [3.8, 4) is 0 Å². The molecule has 1 aliphatic rings. The molecule has 11 heavy (non-hydrogen) atoms. The molecule has 3 N–H and O–H groups in total. The van der Waals surface area contributed by atoms with E-state index in [2.05, 4.69) is 0 Å². The summed E-state index contributed by atoms with van der Waals surface area (Å²) >= 11 is 0. The van der Waals surface area contributed by atoms with E-state index in [-0.39, 0.29) is 6.10 Å². The van der Waals surface area contributed by atoms with Gasteiger partial charge in [-0.1, -0.05) is 0 Å². The van der Waals surface area contributed by atoms with Crippen molar-refractivity contribution in [3.63, 3.8) is 0 Å². The van der Waals surface area contributed by atoms with Crippen molar-refractivity contribution in [1.29, 1.82) is 0 Å². The summed E-state index contributed by atoms with van der Waals surface area (Å²) in [5.41, 5.74) is 5.37. The molecular weight excluding hydrogens is 146 g/mol. The second-order valence-corrected chi connectivity index (χ2v) is 2.77. The van der Waals surface area contributed by atoms with Crippen molar-refractivity contribution in [2.24, 2.45) is 5.73 Å². The molecule has 0 aromatic heterocycles. The Hall–Kier alpha value is -0.610. The molecule has 1 fully saturated rings. The highest BCUT2D eigenvalue weighted by molar-refractivity contribution is 5.73. The standard InChI is InChI=1S/C7H13NO3/c8-6(7(9)10)5-3-1-2-4-11-5/h5-6H,1-4,8H2,(H,9,10)/t5-,6-/m1/s1. The van der Waals surface area contributed by atoms with E-state index in [0.717, 1.165) is 19.3 Å². The smallest absolute Gasteiger partial charge is 0.323 e. The van der Waals surface area contributed by atoms with E-state index in [1.54, 1.807) is 0 Å². The fourth-order valence-electron chi connectivity index (χ4n) is 1.21. The van der Waals surface area contributed by atoms with E-state index >= 15 is 0 Å². The zero-order chi connectivity index (χ0) is 8.27. The normalized spacial score (nSPS) is 27.9. The SMILES string of the molecule is N[C@@H](C(=O)O)[C@H]1CCCCO1. The highest BCUT2D eigenvalue weighted by Crippen LogP contribution is 2.14. The summed E-state index contributed by atoms with van der Waals surface area (Å²) in [6.45, 7) is 0.644. The minimum absolute atomic E-state index is 0.277. The maximum atomic E-state index is 10.4. The third-order valence-electron chi connectivity index (χ3n) is 1.90. The number of hydrogen-bond acceptors (Lipinski definition) is 3. The molecule has 64 valence electrons. The number of hydrogen-bond donors (Lipinski definition) is 2. The number of rotatable bonds is 2. The van der Waals surface area contributed by atoms with Crippen molar-refractivity contribution >= 4 is 5.97 Å². The fourth-order valence-corrected chi connectivity index (χ4v) is 1.21. The minimum atomic E-state index is -0.975. The Morgan fingerprint density at radius 3 is 2.82 bits per heavy atom. The van der Waals surface area contributed by atoms with Crippen LogP contribution in [0.3, 0.4) is 0 Å². The van der Waals surface area contributed by atoms with Gasteiger partial charge in [-0.05, 0) is 19.3 Å². The molecule has 0 amide bonds. The van der Waals surface area contributed by atoms with E-state index in [9.17, 15) is 4.79 Å². The number of ether oxygens (including phenoxy) is 1. The Bertz CT molecular complexity index is 143. The molecular formula is C7H13NO3. The first-order chi connectivity index (χ1) is 5.22. The van der Waals surface area contributed by atoms with Gasteiger partial charge in [0, 0.05) is 6.61 Å². The molecule has 0 bridgehead atoms. The second-order valence-electron chi connectivity index (χ2n) is 2.77. The topological polar surface area (TPSA) is 72.6 Å². The van der Waals surface area contributed by atoms with Crippen molar-refractivity contribution in [3.05, 3.63) is 0 Å². The number of carboxylic acids is 1. The van der Waals surface area contributed by atoms with Crippen LogP contribution in [0.2, 0.25) is 0 Å². The second kappa shape index (κ2) is 3.69. The van der Waals surface area contributed by atoms with Gasteiger partial charge in [0.2, 0.25) is 0 Å². The monoisotopic (exact) mass is 159 g/mol. The summed E-state index contributed by atoms with van der Waals surface area (Å²) in [5.74, 6) is -0.975. The van der Waals surface area contributed by atoms with Crippen LogP contribution >= 0.6 is 0 Å². The number of aliphatic carboxylic acids is 1. The fraction of sp³-hybridized carbons (Fsp3) is 0.857. The van der Waals surface area contributed by atoms with Crippen LogP contribution in [-0.2, 0) is 9.53 Å². The highest BCUT2D eigenvalue weighted by Gasteiger charge is 2.26. The van der Waals surface area contributed by atoms with Gasteiger partial charge in [-0.25, -0.2) is 0 Å². The van der Waals surface area contributed by atoms with Crippen LogP contribution < -0.4 is 5.73 Å². The molecule has 0 aromatic rings. The quantitative estimate of drug-likeness (QED) is 0.593. The molecule has 0 saturated carbocycles. The average Bonchev–Trinajstić information content (AvgIpc) is 2.05. The lowest BCUT2D eigenvalue weighted by Crippen LogP contribution is -2.44. The Balaban J connectivity index is 2.38. The molecule has 1 rings (SSSR count). The Morgan fingerprint density at radius 1 is 1.64 bits per heavy atom. The summed E-state index contributed by atoms with van der Waals surface area (Å²) in [5, 5.41) is 8.53. The van der Waals surface area contributed by atoms with Gasteiger partial charge in [-0.3, -0.25) is 4.79 Å². The first-order valence-electron chi connectivity index (χ1n) is 3.82. The Kier molecular flexibility index (Phi) is 2.84. The summed E-state index contributed by atoms with van der Waals surface area (Å²) in [7, 11) is 0. The molecule has 0 unspecified atom stereocenters. The summed E-state index contributed by atoms with van der Waals surface area (Å²) in [6.07, 6.45) is 2.53. The first-order valence-corrected chi connectivity index (χ1v) is 3.82. The number of carbonyl (C=O) groups is 1. The molecule has 1 saturated heterocycles. The third-order valence-corrected chi connectivity index (χ3v) is 1.90. The highest BCUT2D eigenvalue weighted by atomic mass is 16.5. The maximum Gasteiger partial charge on any atom is 0.323 e. The van der Waals surface area contributed by atoms with E-state index in [1.807, 2.05) is 0 Å². The van der Waals surface area contributed by atoms with E-state index in [1.165, 1.54) is 0 Å². The van der Waals surface area contributed by atoms with Crippen LogP contribution in [0.1, 0.15) is 19.3 Å². The molecule has 0 radical (unpaired) electrons. The van der Waals surface area contributed by atoms with Gasteiger partial charge in [0.05, 0.1) is 6.10 Å². The molecule has 4 nitrogen and oxygen atoms in total. The van der Waals surface area contributed by atoms with Crippen molar-refractivity contribution in [2.45, 2.75) is 31.4 Å². The summed E-state index contributed by atoms with van der Waals surface area (Å²) in [6, 6.07) is -0.852. The number of nitrogens with two attached hydrogens (primary N) is 1. The van der Waals surface area contributed by atoms with E-state index < -0.39 is 12.0 Å². The molecule has 1 heterocycles. The first kappa shape index (κ1) is 8.49. The van der Waals surface area contributed by atoms with Gasteiger partial charge in [-0.2, -0.15) is 0 Å². The van der Waals surface area contributed by atoms with Crippen LogP contribution in [0.5, 0.6) is 0 Å². The van der Waals surface area contributed by atoms with Crippen molar-refractivity contribution < 1.29 is 14.6 Å². The van der Waals surface area contributed by atoms with Crippen LogP contribution in [0.25, 0.3) is 0 Å². The van der Waals surface area contributed by atoms with Gasteiger partial charge in [0.15, 0.2) is 0 Å².